The summed E-state index contributed by atoms with van der Waals surface area (Å²) in [6.07, 6.45) is 0. The van der Waals surface area contributed by atoms with Crippen molar-refractivity contribution in [1.29, 1.82) is 0 Å². The van der Waals surface area contributed by atoms with Crippen LogP contribution in [0.15, 0.2) is 0 Å². The Labute approximate surface area is 82.2 Å². The third-order valence-electron chi connectivity index (χ3n) is 1.61. The van der Waals surface area contributed by atoms with E-state index in [0.29, 0.717) is 0 Å². The summed E-state index contributed by atoms with van der Waals surface area (Å²) >= 11 is 0. The zero-order valence-electron chi connectivity index (χ0n) is 9.63. The van der Waals surface area contributed by atoms with Crippen LogP contribution in [0.3, 0.4) is 0 Å². The van der Waals surface area contributed by atoms with E-state index in [9.17, 15) is 0 Å². The van der Waals surface area contributed by atoms with Crippen LogP contribution in [0.1, 0.15) is 27.7 Å². The highest BCUT2D eigenvalue weighted by Gasteiger charge is 2.10. The number of likely N-dealkylation sites (N-methyl/N-ethyl adjacent to an activating group) is 1. The number of ether oxygens (including phenoxy) is 1. The molecule has 0 heterocycles. The van der Waals surface area contributed by atoms with Crippen molar-refractivity contribution in [2.24, 2.45) is 5.73 Å². The van der Waals surface area contributed by atoms with Gasteiger partial charge in [-0.05, 0) is 34.7 Å². The predicted octanol–water partition coefficient (Wildman–Crippen LogP) is 1.08. The van der Waals surface area contributed by atoms with Gasteiger partial charge in [0.25, 0.3) is 0 Å². The van der Waals surface area contributed by atoms with Crippen LogP contribution in [-0.2, 0) is 4.74 Å². The maximum atomic E-state index is 5.67. The highest BCUT2D eigenvalue weighted by atomic mass is 16.5. The fourth-order valence-electron chi connectivity index (χ4n) is 1.09. The van der Waals surface area contributed by atoms with E-state index in [0.717, 1.165) is 19.7 Å². The van der Waals surface area contributed by atoms with E-state index in [2.05, 4.69) is 32.7 Å². The number of hydrogen-bond acceptors (Lipinski definition) is 3. The Morgan fingerprint density at radius 2 is 1.92 bits per heavy atom. The Balaban J connectivity index is 3.42. The molecule has 0 amide bonds. The predicted molar refractivity (Wildman–Crippen MR) is 56.9 cm³/mol. The molecule has 2 N–H and O–H groups in total. The zero-order valence-corrected chi connectivity index (χ0v) is 9.63. The van der Waals surface area contributed by atoms with Gasteiger partial charge in [-0.3, -0.25) is 0 Å². The Bertz CT molecular complexity index is 129. The summed E-state index contributed by atoms with van der Waals surface area (Å²) < 4.78 is 5.60. The Morgan fingerprint density at radius 1 is 1.38 bits per heavy atom. The second-order valence-corrected chi connectivity index (χ2v) is 4.70. The number of nitrogens with two attached hydrogens (primary N) is 1. The monoisotopic (exact) mass is 188 g/mol. The first-order valence-corrected chi connectivity index (χ1v) is 4.89. The molecule has 0 saturated heterocycles. The standard InChI is InChI=1S/C10H24N2O/c1-9(11)8-12(5)6-7-13-10(2,3)4/h9H,6-8,11H2,1-5H3. The summed E-state index contributed by atoms with van der Waals surface area (Å²) in [7, 11) is 2.06. The van der Waals surface area contributed by atoms with Crippen molar-refractivity contribution in [3.63, 3.8) is 0 Å². The van der Waals surface area contributed by atoms with Gasteiger partial charge in [-0.2, -0.15) is 0 Å². The molecule has 1 atom stereocenters. The number of nitrogens with zero attached hydrogens (tertiary/aromatic N) is 1. The van der Waals surface area contributed by atoms with Crippen molar-refractivity contribution in [2.45, 2.75) is 39.3 Å². The molecule has 3 heteroatoms. The lowest BCUT2D eigenvalue weighted by Crippen LogP contribution is -2.36. The molecule has 13 heavy (non-hydrogen) atoms. The molecule has 0 aromatic heterocycles. The lowest BCUT2D eigenvalue weighted by atomic mass is 10.2. The minimum Gasteiger partial charge on any atom is -0.375 e. The summed E-state index contributed by atoms with van der Waals surface area (Å²) in [5, 5.41) is 0. The van der Waals surface area contributed by atoms with Crippen LogP contribution in [0.5, 0.6) is 0 Å². The van der Waals surface area contributed by atoms with E-state index in [1.165, 1.54) is 0 Å². The smallest absolute Gasteiger partial charge is 0.0600 e. The molecular weight excluding hydrogens is 164 g/mol. The Hall–Kier alpha value is -0.120. The maximum Gasteiger partial charge on any atom is 0.0600 e. The Morgan fingerprint density at radius 3 is 2.31 bits per heavy atom. The number of hydrogen-bond donors (Lipinski definition) is 1. The van der Waals surface area contributed by atoms with Gasteiger partial charge in [-0.25, -0.2) is 0 Å². The third-order valence-corrected chi connectivity index (χ3v) is 1.61. The molecular formula is C10H24N2O. The van der Waals surface area contributed by atoms with Gasteiger partial charge in [0.15, 0.2) is 0 Å². The summed E-state index contributed by atoms with van der Waals surface area (Å²) in [5.41, 5.74) is 5.64. The van der Waals surface area contributed by atoms with Crippen LogP contribution in [0, 0.1) is 0 Å². The average Bonchev–Trinajstić information content (AvgIpc) is 1.81. The molecule has 0 aromatic carbocycles. The second kappa shape index (κ2) is 5.58. The van der Waals surface area contributed by atoms with E-state index in [-0.39, 0.29) is 11.6 Å². The van der Waals surface area contributed by atoms with Gasteiger partial charge < -0.3 is 15.4 Å². The van der Waals surface area contributed by atoms with E-state index in [4.69, 9.17) is 10.5 Å². The van der Waals surface area contributed by atoms with Gasteiger partial charge in [-0.15, -0.1) is 0 Å². The molecule has 0 radical (unpaired) electrons. The normalized spacial score (nSPS) is 15.0. The lowest BCUT2D eigenvalue weighted by molar-refractivity contribution is -0.0109. The van der Waals surface area contributed by atoms with E-state index < -0.39 is 0 Å². The van der Waals surface area contributed by atoms with Crippen molar-refractivity contribution in [3.8, 4) is 0 Å². The molecule has 0 saturated carbocycles. The summed E-state index contributed by atoms with van der Waals surface area (Å²) in [4.78, 5) is 2.19. The first-order chi connectivity index (χ1) is 5.81. The van der Waals surface area contributed by atoms with Crippen LogP contribution >= 0.6 is 0 Å². The van der Waals surface area contributed by atoms with Crippen LogP contribution in [0.25, 0.3) is 0 Å². The van der Waals surface area contributed by atoms with E-state index in [1.807, 2.05) is 6.92 Å². The van der Waals surface area contributed by atoms with Crippen LogP contribution < -0.4 is 5.73 Å². The highest BCUT2D eigenvalue weighted by molar-refractivity contribution is 4.62. The molecule has 0 aliphatic heterocycles. The summed E-state index contributed by atoms with van der Waals surface area (Å²) in [6.45, 7) is 10.9. The first kappa shape index (κ1) is 12.9. The SMILES string of the molecule is CC(N)CN(C)CCOC(C)(C)C. The fourth-order valence-corrected chi connectivity index (χ4v) is 1.09. The van der Waals surface area contributed by atoms with Gasteiger partial charge in [0.1, 0.15) is 0 Å². The largest absolute Gasteiger partial charge is 0.375 e. The van der Waals surface area contributed by atoms with E-state index in [1.54, 1.807) is 0 Å². The minimum absolute atomic E-state index is 0.0326. The van der Waals surface area contributed by atoms with Gasteiger partial charge in [0.05, 0.1) is 12.2 Å². The second-order valence-electron chi connectivity index (χ2n) is 4.70. The molecule has 0 bridgehead atoms. The lowest BCUT2D eigenvalue weighted by Gasteiger charge is -2.23. The molecule has 0 aliphatic rings. The topological polar surface area (TPSA) is 38.5 Å². The highest BCUT2D eigenvalue weighted by Crippen LogP contribution is 2.05. The Kier molecular flexibility index (Phi) is 5.53. The summed E-state index contributed by atoms with van der Waals surface area (Å²) in [5.74, 6) is 0. The van der Waals surface area contributed by atoms with Crippen molar-refractivity contribution in [1.82, 2.24) is 4.90 Å². The van der Waals surface area contributed by atoms with Gasteiger partial charge >= 0.3 is 0 Å². The molecule has 1 unspecified atom stereocenters. The van der Waals surface area contributed by atoms with Crippen LogP contribution in [0.4, 0.5) is 0 Å². The summed E-state index contributed by atoms with van der Waals surface area (Å²) in [6, 6.07) is 0.236. The fraction of sp³-hybridized carbons (Fsp3) is 1.00. The minimum atomic E-state index is -0.0326. The van der Waals surface area contributed by atoms with E-state index >= 15 is 0 Å². The van der Waals surface area contributed by atoms with Gasteiger partial charge in [-0.1, -0.05) is 0 Å². The molecule has 0 spiro atoms. The molecule has 80 valence electrons. The first-order valence-electron chi connectivity index (χ1n) is 4.89. The van der Waals surface area contributed by atoms with Crippen molar-refractivity contribution in [3.05, 3.63) is 0 Å². The van der Waals surface area contributed by atoms with Crippen molar-refractivity contribution in [2.75, 3.05) is 26.7 Å². The third kappa shape index (κ3) is 9.80. The maximum absolute atomic E-state index is 5.67. The zero-order chi connectivity index (χ0) is 10.5. The molecule has 3 nitrogen and oxygen atoms in total. The number of rotatable bonds is 5. The molecule has 0 aliphatic carbocycles. The van der Waals surface area contributed by atoms with Gasteiger partial charge in [0.2, 0.25) is 0 Å². The van der Waals surface area contributed by atoms with Crippen LogP contribution in [-0.4, -0.2) is 43.3 Å². The molecule has 0 aromatic rings. The van der Waals surface area contributed by atoms with Crippen molar-refractivity contribution >= 4 is 0 Å². The average molecular weight is 188 g/mol. The molecule has 0 rings (SSSR count). The van der Waals surface area contributed by atoms with Gasteiger partial charge in [0, 0.05) is 19.1 Å². The quantitative estimate of drug-likeness (QED) is 0.701. The van der Waals surface area contributed by atoms with Crippen LogP contribution in [0.2, 0.25) is 0 Å². The van der Waals surface area contributed by atoms with Crippen molar-refractivity contribution < 1.29 is 4.74 Å². The molecule has 0 fully saturated rings.